The van der Waals surface area contributed by atoms with Crippen LogP contribution in [-0.2, 0) is 11.3 Å². The summed E-state index contributed by atoms with van der Waals surface area (Å²) in [5, 5.41) is 2.98. The average molecular weight is 352 g/mol. The summed E-state index contributed by atoms with van der Waals surface area (Å²) in [6.07, 6.45) is 2.55. The van der Waals surface area contributed by atoms with Crippen molar-refractivity contribution in [3.05, 3.63) is 66.2 Å². The van der Waals surface area contributed by atoms with E-state index < -0.39 is 0 Å². The van der Waals surface area contributed by atoms with Crippen LogP contribution in [0.5, 0.6) is 5.75 Å². The van der Waals surface area contributed by atoms with E-state index in [9.17, 15) is 4.79 Å². The second-order valence-corrected chi connectivity index (χ2v) is 6.98. The predicted octanol–water partition coefficient (Wildman–Crippen LogP) is 3.48. The van der Waals surface area contributed by atoms with Gasteiger partial charge in [0.1, 0.15) is 12.4 Å². The van der Waals surface area contributed by atoms with Gasteiger partial charge >= 0.3 is 0 Å². The van der Waals surface area contributed by atoms with E-state index in [1.54, 1.807) is 0 Å². The summed E-state index contributed by atoms with van der Waals surface area (Å²) < 4.78 is 5.62. The molecule has 0 aromatic heterocycles. The highest BCUT2D eigenvalue weighted by Crippen LogP contribution is 2.35. The fourth-order valence-electron chi connectivity index (χ4n) is 3.15. The quantitative estimate of drug-likeness (QED) is 0.666. The summed E-state index contributed by atoms with van der Waals surface area (Å²) in [5.74, 6) is 1.62. The Labute approximate surface area is 156 Å². The van der Waals surface area contributed by atoms with E-state index in [0.29, 0.717) is 25.7 Å². The third-order valence-electron chi connectivity index (χ3n) is 4.89. The number of hydrogen-bond acceptors (Lipinski definition) is 3. The molecule has 4 nitrogen and oxygen atoms in total. The van der Waals surface area contributed by atoms with Crippen molar-refractivity contribution in [2.45, 2.75) is 32.4 Å². The number of benzene rings is 2. The van der Waals surface area contributed by atoms with Crippen molar-refractivity contribution in [1.82, 2.24) is 10.2 Å². The van der Waals surface area contributed by atoms with Crippen LogP contribution in [0.4, 0.5) is 0 Å². The van der Waals surface area contributed by atoms with Gasteiger partial charge in [-0.05, 0) is 43.4 Å². The molecule has 0 saturated heterocycles. The zero-order chi connectivity index (χ0) is 18.2. The lowest BCUT2D eigenvalue weighted by molar-refractivity contribution is -0.123. The van der Waals surface area contributed by atoms with Gasteiger partial charge < -0.3 is 10.1 Å². The average Bonchev–Trinajstić information content (AvgIpc) is 3.51. The van der Waals surface area contributed by atoms with Gasteiger partial charge in [0.05, 0.1) is 13.1 Å². The first-order chi connectivity index (χ1) is 12.7. The Bertz CT molecular complexity index is 671. The van der Waals surface area contributed by atoms with E-state index in [4.69, 9.17) is 4.74 Å². The number of para-hydroxylation sites is 1. The van der Waals surface area contributed by atoms with Crippen LogP contribution >= 0.6 is 0 Å². The molecule has 1 fully saturated rings. The zero-order valence-electron chi connectivity index (χ0n) is 15.4. The number of carbonyl (C=O) groups is 1. The van der Waals surface area contributed by atoms with E-state index in [2.05, 4.69) is 41.4 Å². The Morgan fingerprint density at radius 2 is 1.77 bits per heavy atom. The summed E-state index contributed by atoms with van der Waals surface area (Å²) in [6, 6.07) is 20.5. The monoisotopic (exact) mass is 352 g/mol. The number of nitrogens with one attached hydrogen (secondary N) is 1. The molecule has 0 bridgehead atoms. The number of amides is 1. The van der Waals surface area contributed by atoms with Crippen LogP contribution in [0.3, 0.4) is 0 Å². The number of hydrogen-bond donors (Lipinski definition) is 1. The number of rotatable bonds is 10. The SMILES string of the molecule is CC(C1CC1)N(CC(=O)NCCOc1ccccc1)Cc1ccccc1. The van der Waals surface area contributed by atoms with Crippen molar-refractivity contribution in [3.8, 4) is 5.75 Å². The highest BCUT2D eigenvalue weighted by molar-refractivity contribution is 5.78. The van der Waals surface area contributed by atoms with E-state index in [-0.39, 0.29) is 5.91 Å². The third-order valence-corrected chi connectivity index (χ3v) is 4.89. The van der Waals surface area contributed by atoms with Gasteiger partial charge in [-0.2, -0.15) is 0 Å². The molecule has 1 unspecified atom stereocenters. The summed E-state index contributed by atoms with van der Waals surface area (Å²) in [6.45, 7) is 4.48. The first kappa shape index (κ1) is 18.5. The van der Waals surface area contributed by atoms with Crippen LogP contribution in [0.15, 0.2) is 60.7 Å². The van der Waals surface area contributed by atoms with Gasteiger partial charge in [-0.1, -0.05) is 48.5 Å². The van der Waals surface area contributed by atoms with Gasteiger partial charge in [0.2, 0.25) is 5.91 Å². The van der Waals surface area contributed by atoms with E-state index in [1.165, 1.54) is 18.4 Å². The third kappa shape index (κ3) is 5.88. The van der Waals surface area contributed by atoms with Crippen molar-refractivity contribution in [2.75, 3.05) is 19.7 Å². The minimum Gasteiger partial charge on any atom is -0.492 e. The molecule has 1 aliphatic rings. The molecule has 0 radical (unpaired) electrons. The summed E-state index contributed by atoms with van der Waals surface area (Å²) >= 11 is 0. The van der Waals surface area contributed by atoms with Crippen LogP contribution in [0.2, 0.25) is 0 Å². The molecule has 1 atom stereocenters. The van der Waals surface area contributed by atoms with E-state index >= 15 is 0 Å². The second kappa shape index (κ2) is 9.39. The smallest absolute Gasteiger partial charge is 0.234 e. The number of carbonyl (C=O) groups excluding carboxylic acids is 1. The largest absolute Gasteiger partial charge is 0.492 e. The van der Waals surface area contributed by atoms with Crippen molar-refractivity contribution in [1.29, 1.82) is 0 Å². The van der Waals surface area contributed by atoms with E-state index in [0.717, 1.165) is 18.2 Å². The van der Waals surface area contributed by atoms with Crippen LogP contribution in [0.25, 0.3) is 0 Å². The van der Waals surface area contributed by atoms with Crippen LogP contribution < -0.4 is 10.1 Å². The predicted molar refractivity (Wildman–Crippen MR) is 104 cm³/mol. The Balaban J connectivity index is 1.45. The fourth-order valence-corrected chi connectivity index (χ4v) is 3.15. The number of nitrogens with zero attached hydrogens (tertiary/aromatic N) is 1. The minimum atomic E-state index is 0.0603. The van der Waals surface area contributed by atoms with Gasteiger partial charge in [-0.25, -0.2) is 0 Å². The van der Waals surface area contributed by atoms with Crippen molar-refractivity contribution in [3.63, 3.8) is 0 Å². The first-order valence-corrected chi connectivity index (χ1v) is 9.45. The molecule has 1 aliphatic carbocycles. The molecule has 26 heavy (non-hydrogen) atoms. The maximum absolute atomic E-state index is 12.4. The molecule has 1 N–H and O–H groups in total. The standard InChI is InChI=1S/C22H28N2O2/c1-18(20-12-13-20)24(16-19-8-4-2-5-9-19)17-22(25)23-14-15-26-21-10-6-3-7-11-21/h2-11,18,20H,12-17H2,1H3,(H,23,25). The Kier molecular flexibility index (Phi) is 6.67. The second-order valence-electron chi connectivity index (χ2n) is 6.98. The maximum atomic E-state index is 12.4. The van der Waals surface area contributed by atoms with Gasteiger partial charge in [-0.15, -0.1) is 0 Å². The Hall–Kier alpha value is -2.33. The van der Waals surface area contributed by atoms with Crippen molar-refractivity contribution in [2.24, 2.45) is 5.92 Å². The van der Waals surface area contributed by atoms with Gasteiger partial charge in [0, 0.05) is 12.6 Å². The topological polar surface area (TPSA) is 41.6 Å². The van der Waals surface area contributed by atoms with Crippen LogP contribution in [0, 0.1) is 5.92 Å². The minimum absolute atomic E-state index is 0.0603. The Morgan fingerprint density at radius 3 is 2.42 bits per heavy atom. The van der Waals surface area contributed by atoms with Crippen LogP contribution in [-0.4, -0.2) is 36.5 Å². The molecule has 2 aromatic rings. The normalized spacial score (nSPS) is 14.8. The van der Waals surface area contributed by atoms with Crippen molar-refractivity contribution >= 4 is 5.91 Å². The molecule has 138 valence electrons. The highest BCUT2D eigenvalue weighted by atomic mass is 16.5. The summed E-state index contributed by atoms with van der Waals surface area (Å²) in [4.78, 5) is 14.7. The lowest BCUT2D eigenvalue weighted by atomic mass is 10.1. The lowest BCUT2D eigenvalue weighted by Gasteiger charge is -2.28. The molecular weight excluding hydrogens is 324 g/mol. The summed E-state index contributed by atoms with van der Waals surface area (Å²) in [7, 11) is 0. The zero-order valence-corrected chi connectivity index (χ0v) is 15.4. The van der Waals surface area contributed by atoms with Gasteiger partial charge in [0.25, 0.3) is 0 Å². The fraction of sp³-hybridized carbons (Fsp3) is 0.409. The van der Waals surface area contributed by atoms with Gasteiger partial charge in [0.15, 0.2) is 0 Å². The summed E-state index contributed by atoms with van der Waals surface area (Å²) in [5.41, 5.74) is 1.25. The molecule has 2 aromatic carbocycles. The van der Waals surface area contributed by atoms with Crippen molar-refractivity contribution < 1.29 is 9.53 Å². The molecule has 0 aliphatic heterocycles. The molecule has 1 saturated carbocycles. The lowest BCUT2D eigenvalue weighted by Crippen LogP contribution is -2.43. The number of ether oxygens (including phenoxy) is 1. The Morgan fingerprint density at radius 1 is 1.12 bits per heavy atom. The molecule has 3 rings (SSSR count). The molecule has 0 heterocycles. The molecule has 1 amide bonds. The first-order valence-electron chi connectivity index (χ1n) is 9.45. The molecular formula is C22H28N2O2. The molecule has 4 heteroatoms. The maximum Gasteiger partial charge on any atom is 0.234 e. The van der Waals surface area contributed by atoms with Crippen LogP contribution in [0.1, 0.15) is 25.3 Å². The van der Waals surface area contributed by atoms with E-state index in [1.807, 2.05) is 36.4 Å². The van der Waals surface area contributed by atoms with Gasteiger partial charge in [-0.3, -0.25) is 9.69 Å². The highest BCUT2D eigenvalue weighted by Gasteiger charge is 2.32. The molecule has 0 spiro atoms.